The van der Waals surface area contributed by atoms with Crippen molar-refractivity contribution in [3.05, 3.63) is 40.8 Å². The second-order valence-electron chi connectivity index (χ2n) is 7.37. The number of sulfonamides is 1. The standard InChI is InChI=1S/C22H28N2O6S2/c1-4-17-14-19(22(26)30-5-2)21(31-17)23-20(25)15-10-12-24(13-11-15)32(27,28)18-8-6-16(29-3)7-9-18/h6-9,14-15H,4-5,10-13H2,1-3H3,(H,23,25). The quantitative estimate of drug-likeness (QED) is 0.580. The van der Waals surface area contributed by atoms with Crippen molar-refractivity contribution in [1.82, 2.24) is 4.31 Å². The third kappa shape index (κ3) is 5.31. The lowest BCUT2D eigenvalue weighted by molar-refractivity contribution is -0.120. The molecule has 0 spiro atoms. The second-order valence-corrected chi connectivity index (χ2v) is 10.4. The zero-order valence-corrected chi connectivity index (χ0v) is 20.1. The molecule has 0 aliphatic carbocycles. The number of ether oxygens (including phenoxy) is 2. The average molecular weight is 481 g/mol. The molecule has 2 heterocycles. The number of carbonyl (C=O) groups is 2. The van der Waals surface area contributed by atoms with E-state index in [2.05, 4.69) is 5.32 Å². The molecule has 0 radical (unpaired) electrons. The molecule has 1 aliphatic heterocycles. The van der Waals surface area contributed by atoms with Gasteiger partial charge < -0.3 is 14.8 Å². The van der Waals surface area contributed by atoms with Gasteiger partial charge in [-0.05, 0) is 56.5 Å². The van der Waals surface area contributed by atoms with Gasteiger partial charge in [0.15, 0.2) is 0 Å². The van der Waals surface area contributed by atoms with Crippen molar-refractivity contribution in [3.63, 3.8) is 0 Å². The number of amides is 1. The highest BCUT2D eigenvalue weighted by Crippen LogP contribution is 2.31. The fourth-order valence-corrected chi connectivity index (χ4v) is 6.00. The smallest absolute Gasteiger partial charge is 0.341 e. The summed E-state index contributed by atoms with van der Waals surface area (Å²) in [6.45, 7) is 4.47. The highest BCUT2D eigenvalue weighted by atomic mass is 32.2. The zero-order valence-electron chi connectivity index (χ0n) is 18.4. The van der Waals surface area contributed by atoms with Crippen molar-refractivity contribution in [2.24, 2.45) is 5.92 Å². The number of hydrogen-bond acceptors (Lipinski definition) is 7. The number of thiophene rings is 1. The van der Waals surface area contributed by atoms with Crippen LogP contribution in [0, 0.1) is 5.92 Å². The first-order valence-corrected chi connectivity index (χ1v) is 12.8. The summed E-state index contributed by atoms with van der Waals surface area (Å²) >= 11 is 1.36. The van der Waals surface area contributed by atoms with Crippen molar-refractivity contribution in [2.75, 3.05) is 32.1 Å². The molecule has 0 saturated carbocycles. The van der Waals surface area contributed by atoms with Gasteiger partial charge in [-0.3, -0.25) is 4.79 Å². The molecule has 3 rings (SSSR count). The van der Waals surface area contributed by atoms with Crippen LogP contribution in [0.4, 0.5) is 5.00 Å². The Kier molecular flexibility index (Phi) is 7.91. The van der Waals surface area contributed by atoms with E-state index in [1.807, 2.05) is 6.92 Å². The number of hydrogen-bond donors (Lipinski definition) is 1. The van der Waals surface area contributed by atoms with Crippen molar-refractivity contribution in [1.29, 1.82) is 0 Å². The first kappa shape index (κ1) is 24.2. The summed E-state index contributed by atoms with van der Waals surface area (Å²) < 4.78 is 37.4. The molecular formula is C22H28N2O6S2. The summed E-state index contributed by atoms with van der Waals surface area (Å²) in [6.07, 6.45) is 1.55. The van der Waals surface area contributed by atoms with Gasteiger partial charge >= 0.3 is 5.97 Å². The van der Waals surface area contributed by atoms with E-state index in [0.717, 1.165) is 11.3 Å². The predicted molar refractivity (Wildman–Crippen MR) is 123 cm³/mol. The largest absolute Gasteiger partial charge is 0.497 e. The Morgan fingerprint density at radius 3 is 2.38 bits per heavy atom. The normalized spacial score (nSPS) is 15.3. The van der Waals surface area contributed by atoms with Crippen LogP contribution in [-0.2, 0) is 26.0 Å². The maximum Gasteiger partial charge on any atom is 0.341 e. The number of carbonyl (C=O) groups excluding carboxylic acids is 2. The van der Waals surface area contributed by atoms with Crippen LogP contribution in [0.5, 0.6) is 5.75 Å². The summed E-state index contributed by atoms with van der Waals surface area (Å²) in [6, 6.07) is 8.01. The maximum absolute atomic E-state index is 12.9. The molecule has 1 N–H and O–H groups in total. The number of nitrogens with zero attached hydrogens (tertiary/aromatic N) is 1. The summed E-state index contributed by atoms with van der Waals surface area (Å²) in [5.41, 5.74) is 0.363. The number of rotatable bonds is 8. The first-order valence-electron chi connectivity index (χ1n) is 10.5. The van der Waals surface area contributed by atoms with Gasteiger partial charge in [-0.1, -0.05) is 6.92 Å². The zero-order chi connectivity index (χ0) is 23.3. The van der Waals surface area contributed by atoms with E-state index < -0.39 is 16.0 Å². The predicted octanol–water partition coefficient (Wildman–Crippen LogP) is 3.54. The Labute approximate surface area is 192 Å². The highest BCUT2D eigenvalue weighted by molar-refractivity contribution is 7.89. The third-order valence-electron chi connectivity index (χ3n) is 5.39. The Balaban J connectivity index is 1.64. The van der Waals surface area contributed by atoms with Crippen LogP contribution >= 0.6 is 11.3 Å². The number of piperidine rings is 1. The fourth-order valence-electron chi connectivity index (χ4n) is 3.54. The molecule has 1 amide bonds. The molecule has 1 aromatic carbocycles. The third-order valence-corrected chi connectivity index (χ3v) is 8.49. The van der Waals surface area contributed by atoms with Crippen LogP contribution in [0.1, 0.15) is 41.9 Å². The van der Waals surface area contributed by atoms with Gasteiger partial charge in [-0.2, -0.15) is 4.31 Å². The molecule has 2 aromatic rings. The summed E-state index contributed by atoms with van der Waals surface area (Å²) in [4.78, 5) is 26.3. The topological polar surface area (TPSA) is 102 Å². The number of anilines is 1. The van der Waals surface area contributed by atoms with Crippen LogP contribution in [0.15, 0.2) is 35.2 Å². The van der Waals surface area contributed by atoms with Gasteiger partial charge in [-0.15, -0.1) is 11.3 Å². The van der Waals surface area contributed by atoms with Gasteiger partial charge in [0, 0.05) is 23.9 Å². The van der Waals surface area contributed by atoms with Crippen LogP contribution in [0.3, 0.4) is 0 Å². The van der Waals surface area contributed by atoms with E-state index >= 15 is 0 Å². The number of esters is 1. The van der Waals surface area contributed by atoms with Gasteiger partial charge in [0.25, 0.3) is 0 Å². The lowest BCUT2D eigenvalue weighted by Crippen LogP contribution is -2.41. The molecule has 0 unspecified atom stereocenters. The number of aryl methyl sites for hydroxylation is 1. The van der Waals surface area contributed by atoms with Crippen molar-refractivity contribution in [3.8, 4) is 5.75 Å². The fraction of sp³-hybridized carbons (Fsp3) is 0.455. The van der Waals surface area contributed by atoms with E-state index in [4.69, 9.17) is 9.47 Å². The maximum atomic E-state index is 12.9. The van der Waals surface area contributed by atoms with E-state index in [-0.39, 0.29) is 36.4 Å². The van der Waals surface area contributed by atoms with Crippen LogP contribution in [0.2, 0.25) is 0 Å². The van der Waals surface area contributed by atoms with Gasteiger partial charge in [0.05, 0.1) is 24.2 Å². The van der Waals surface area contributed by atoms with Crippen LogP contribution in [0.25, 0.3) is 0 Å². The second kappa shape index (κ2) is 10.5. The molecule has 174 valence electrons. The lowest BCUT2D eigenvalue weighted by atomic mass is 9.97. The SMILES string of the molecule is CCOC(=O)c1cc(CC)sc1NC(=O)C1CCN(S(=O)(=O)c2ccc(OC)cc2)CC1. The molecule has 8 nitrogen and oxygen atoms in total. The van der Waals surface area contributed by atoms with E-state index in [1.165, 1.54) is 34.9 Å². The minimum Gasteiger partial charge on any atom is -0.497 e. The van der Waals surface area contributed by atoms with Crippen molar-refractivity contribution in [2.45, 2.75) is 38.0 Å². The van der Waals surface area contributed by atoms with E-state index in [9.17, 15) is 18.0 Å². The van der Waals surface area contributed by atoms with Gasteiger partial charge in [-0.25, -0.2) is 13.2 Å². The molecule has 32 heavy (non-hydrogen) atoms. The molecular weight excluding hydrogens is 452 g/mol. The molecule has 0 atom stereocenters. The van der Waals surface area contributed by atoms with Crippen molar-refractivity contribution < 1.29 is 27.5 Å². The highest BCUT2D eigenvalue weighted by Gasteiger charge is 2.33. The Hall–Kier alpha value is -2.43. The first-order chi connectivity index (χ1) is 15.3. The van der Waals surface area contributed by atoms with Gasteiger partial charge in [0.2, 0.25) is 15.9 Å². The molecule has 1 saturated heterocycles. The Morgan fingerprint density at radius 2 is 1.81 bits per heavy atom. The van der Waals surface area contributed by atoms with E-state index in [0.29, 0.717) is 29.2 Å². The van der Waals surface area contributed by atoms with Crippen LogP contribution < -0.4 is 10.1 Å². The number of nitrogens with one attached hydrogen (secondary N) is 1. The van der Waals surface area contributed by atoms with Crippen molar-refractivity contribution >= 4 is 38.2 Å². The Morgan fingerprint density at radius 1 is 1.16 bits per heavy atom. The summed E-state index contributed by atoms with van der Waals surface area (Å²) in [5, 5.41) is 3.35. The van der Waals surface area contributed by atoms with Crippen LogP contribution in [-0.4, -0.2) is 51.4 Å². The molecule has 1 aliphatic rings. The molecule has 10 heteroatoms. The molecule has 0 bridgehead atoms. The minimum atomic E-state index is -3.63. The average Bonchev–Trinajstić information content (AvgIpc) is 3.22. The van der Waals surface area contributed by atoms with E-state index in [1.54, 1.807) is 25.1 Å². The number of benzene rings is 1. The summed E-state index contributed by atoms with van der Waals surface area (Å²) in [5.74, 6) is -0.415. The lowest BCUT2D eigenvalue weighted by Gasteiger charge is -2.30. The monoisotopic (exact) mass is 480 g/mol. The minimum absolute atomic E-state index is 0.200. The number of methoxy groups -OCH3 is 1. The summed E-state index contributed by atoms with van der Waals surface area (Å²) in [7, 11) is -2.11. The molecule has 1 aromatic heterocycles. The Bertz CT molecular complexity index is 1050. The molecule has 1 fully saturated rings. The van der Waals surface area contributed by atoms with Gasteiger partial charge in [0.1, 0.15) is 10.8 Å².